The topological polar surface area (TPSA) is 132 Å². The van der Waals surface area contributed by atoms with Crippen molar-refractivity contribution in [2.75, 3.05) is 72.4 Å². The van der Waals surface area contributed by atoms with E-state index in [2.05, 4.69) is 42.5 Å². The van der Waals surface area contributed by atoms with Crippen molar-refractivity contribution in [1.82, 2.24) is 25.5 Å². The van der Waals surface area contributed by atoms with E-state index in [0.717, 1.165) is 81.8 Å². The summed E-state index contributed by atoms with van der Waals surface area (Å²) in [5, 5.41) is 25.9. The second-order valence-corrected chi connectivity index (χ2v) is 14.1. The lowest BCUT2D eigenvalue weighted by Crippen LogP contribution is -2.58. The molecule has 2 saturated heterocycles. The zero-order valence-corrected chi connectivity index (χ0v) is 28.3. The molecule has 1 spiro atoms. The number of fused-ring (bicyclic) bond motifs is 3. The fraction of sp³-hybridized carbons (Fsp3) is 0.583. The molecule has 48 heavy (non-hydrogen) atoms. The number of esters is 1. The molecule has 2 aromatic heterocycles. The molecule has 3 aromatic rings. The summed E-state index contributed by atoms with van der Waals surface area (Å²) in [6.07, 6.45) is 12.8. The highest BCUT2D eigenvalue weighted by Gasteiger charge is 2.41. The van der Waals surface area contributed by atoms with Gasteiger partial charge in [-0.3, -0.25) is 4.79 Å². The minimum atomic E-state index is 0.0432. The summed E-state index contributed by atoms with van der Waals surface area (Å²) >= 11 is 0. The van der Waals surface area contributed by atoms with Crippen molar-refractivity contribution in [2.24, 2.45) is 11.3 Å². The number of phenols is 1. The molecule has 3 aliphatic heterocycles. The third kappa shape index (κ3) is 6.85. The number of para-hydroxylation sites is 1. The number of carbonyl (C=O) groups excluding carboxylic acids is 1. The first-order valence-corrected chi connectivity index (χ1v) is 17.8. The quantitative estimate of drug-likeness (QED) is 0.335. The number of rotatable bonds is 5. The predicted molar refractivity (Wildman–Crippen MR) is 188 cm³/mol. The molecule has 2 aliphatic carbocycles. The number of aromatic hydroxyl groups is 1. The lowest BCUT2D eigenvalue weighted by atomic mass is 9.59. The SMILES string of the molecule is CC1CN(c2cnc(N3CCN4c5cc(-c6ccccc6O)nnc5NCC4C3)nc2)CCN1.CCOC(=O)C1CCC2(CCC2)CC1. The molecule has 5 aliphatic rings. The van der Waals surface area contributed by atoms with Gasteiger partial charge < -0.3 is 35.2 Å². The highest BCUT2D eigenvalue weighted by Crippen LogP contribution is 2.52. The van der Waals surface area contributed by atoms with Crippen molar-refractivity contribution in [1.29, 1.82) is 0 Å². The van der Waals surface area contributed by atoms with Crippen LogP contribution in [0.25, 0.3) is 11.3 Å². The van der Waals surface area contributed by atoms with E-state index in [4.69, 9.17) is 14.7 Å². The Bertz CT molecular complexity index is 1560. The summed E-state index contributed by atoms with van der Waals surface area (Å²) in [7, 11) is 0. The first-order valence-electron chi connectivity index (χ1n) is 17.8. The van der Waals surface area contributed by atoms with Crippen molar-refractivity contribution in [2.45, 2.75) is 70.9 Å². The lowest BCUT2D eigenvalue weighted by molar-refractivity contribution is -0.150. The van der Waals surface area contributed by atoms with Gasteiger partial charge >= 0.3 is 5.97 Å². The first kappa shape index (κ1) is 32.4. The third-order valence-electron chi connectivity index (χ3n) is 11.0. The number of hydrogen-bond acceptors (Lipinski definition) is 12. The van der Waals surface area contributed by atoms with E-state index in [1.807, 2.05) is 37.5 Å². The molecule has 12 heteroatoms. The summed E-state index contributed by atoms with van der Waals surface area (Å²) in [6.45, 7) is 10.8. The van der Waals surface area contributed by atoms with Crippen LogP contribution in [0.1, 0.15) is 58.8 Å². The van der Waals surface area contributed by atoms with Gasteiger partial charge in [-0.15, -0.1) is 10.2 Å². The molecule has 5 heterocycles. The Balaban J connectivity index is 0.000000218. The second kappa shape index (κ2) is 14.1. The van der Waals surface area contributed by atoms with E-state index >= 15 is 0 Å². The van der Waals surface area contributed by atoms with Crippen LogP contribution in [0.3, 0.4) is 0 Å². The van der Waals surface area contributed by atoms with E-state index in [0.29, 0.717) is 29.3 Å². The Morgan fingerprint density at radius 2 is 1.81 bits per heavy atom. The molecule has 0 amide bonds. The highest BCUT2D eigenvalue weighted by molar-refractivity contribution is 5.77. The molecule has 8 rings (SSSR count). The molecule has 4 fully saturated rings. The van der Waals surface area contributed by atoms with E-state index < -0.39 is 0 Å². The zero-order valence-electron chi connectivity index (χ0n) is 28.3. The van der Waals surface area contributed by atoms with Crippen LogP contribution in [0.5, 0.6) is 5.75 Å². The van der Waals surface area contributed by atoms with E-state index in [1.165, 1.54) is 32.1 Å². The monoisotopic (exact) mass is 655 g/mol. The number of aromatic nitrogens is 4. The van der Waals surface area contributed by atoms with Crippen molar-refractivity contribution < 1.29 is 14.6 Å². The van der Waals surface area contributed by atoms with Crippen molar-refractivity contribution in [3.63, 3.8) is 0 Å². The van der Waals surface area contributed by atoms with Gasteiger partial charge in [0.2, 0.25) is 5.95 Å². The van der Waals surface area contributed by atoms with Gasteiger partial charge in [-0.1, -0.05) is 18.6 Å². The fourth-order valence-corrected chi connectivity index (χ4v) is 8.00. The molecule has 256 valence electrons. The average molecular weight is 656 g/mol. The van der Waals surface area contributed by atoms with Crippen LogP contribution in [0.4, 0.5) is 23.1 Å². The van der Waals surface area contributed by atoms with E-state index in [9.17, 15) is 9.90 Å². The molecule has 12 nitrogen and oxygen atoms in total. The van der Waals surface area contributed by atoms with Gasteiger partial charge in [0.25, 0.3) is 0 Å². The average Bonchev–Trinajstić information content (AvgIpc) is 3.11. The molecule has 0 bridgehead atoms. The van der Waals surface area contributed by atoms with Crippen LogP contribution >= 0.6 is 0 Å². The number of ether oxygens (including phenoxy) is 1. The smallest absolute Gasteiger partial charge is 0.308 e. The van der Waals surface area contributed by atoms with Crippen LogP contribution < -0.4 is 25.3 Å². The predicted octanol–water partition coefficient (Wildman–Crippen LogP) is 4.47. The molecule has 1 aromatic carbocycles. The Labute approximate surface area is 283 Å². The second-order valence-electron chi connectivity index (χ2n) is 14.1. The number of hydrogen-bond donors (Lipinski definition) is 3. The maximum atomic E-state index is 11.5. The number of phenolic OH excluding ortho intramolecular Hbond substituents is 1. The van der Waals surface area contributed by atoms with Gasteiger partial charge in [-0.05, 0) is 76.0 Å². The molecular formula is C36H49N9O3. The summed E-state index contributed by atoms with van der Waals surface area (Å²) < 4.78 is 5.06. The van der Waals surface area contributed by atoms with Gasteiger partial charge in [-0.25, -0.2) is 9.97 Å². The number of nitrogens with zero attached hydrogens (tertiary/aromatic N) is 7. The maximum Gasteiger partial charge on any atom is 0.308 e. The van der Waals surface area contributed by atoms with E-state index in [1.54, 1.807) is 12.1 Å². The summed E-state index contributed by atoms with van der Waals surface area (Å²) in [6, 6.07) is 9.99. The Morgan fingerprint density at radius 1 is 1.02 bits per heavy atom. The van der Waals surface area contributed by atoms with Crippen LogP contribution in [-0.4, -0.2) is 95.7 Å². The number of nitrogens with one attached hydrogen (secondary N) is 2. The molecule has 2 atom stereocenters. The Morgan fingerprint density at radius 3 is 2.52 bits per heavy atom. The van der Waals surface area contributed by atoms with Crippen LogP contribution in [0.2, 0.25) is 0 Å². The van der Waals surface area contributed by atoms with E-state index in [-0.39, 0.29) is 23.7 Å². The number of anilines is 4. The first-order chi connectivity index (χ1) is 23.4. The van der Waals surface area contributed by atoms with Gasteiger partial charge in [0, 0.05) is 57.4 Å². The largest absolute Gasteiger partial charge is 0.507 e. The minimum Gasteiger partial charge on any atom is -0.507 e. The Kier molecular flexibility index (Phi) is 9.52. The van der Waals surface area contributed by atoms with Crippen molar-refractivity contribution >= 4 is 29.1 Å². The van der Waals surface area contributed by atoms with Crippen LogP contribution in [0.15, 0.2) is 42.7 Å². The van der Waals surface area contributed by atoms with Gasteiger partial charge in [0.15, 0.2) is 5.82 Å². The number of benzene rings is 1. The van der Waals surface area contributed by atoms with Crippen molar-refractivity contribution in [3.05, 3.63) is 42.7 Å². The highest BCUT2D eigenvalue weighted by atomic mass is 16.5. The normalized spacial score (nSPS) is 23.2. The summed E-state index contributed by atoms with van der Waals surface area (Å²) in [5.74, 6) is 2.02. The standard InChI is InChI=1S/C24H29N9O.C12H20O2/c1-16-14-31(7-6-25-16)17-11-27-24(28-12-17)32-8-9-33-18(15-32)13-26-23-21(33)10-20(29-30-23)19-4-2-3-5-22(19)34;1-2-14-11(13)10-4-8-12(9-5-10)6-3-7-12/h2-5,10-12,16,18,25,34H,6-9,13-15H2,1H3,(H,26,30);10H,2-9H2,1H3. The van der Waals surface area contributed by atoms with Crippen molar-refractivity contribution in [3.8, 4) is 17.0 Å². The van der Waals surface area contributed by atoms with Crippen LogP contribution in [-0.2, 0) is 9.53 Å². The zero-order chi connectivity index (χ0) is 33.1. The van der Waals surface area contributed by atoms with Gasteiger partial charge in [0.05, 0.1) is 48.0 Å². The van der Waals surface area contributed by atoms with Gasteiger partial charge in [0.1, 0.15) is 5.75 Å². The summed E-state index contributed by atoms with van der Waals surface area (Å²) in [5.41, 5.74) is 4.12. The summed E-state index contributed by atoms with van der Waals surface area (Å²) in [4.78, 5) is 27.9. The Hall–Kier alpha value is -4.19. The molecule has 2 unspecified atom stereocenters. The lowest BCUT2D eigenvalue weighted by Gasteiger charge is -2.46. The molecule has 2 saturated carbocycles. The van der Waals surface area contributed by atoms with Crippen LogP contribution in [0, 0.1) is 11.3 Å². The number of piperazine rings is 2. The van der Waals surface area contributed by atoms with Gasteiger partial charge in [-0.2, -0.15) is 0 Å². The third-order valence-corrected chi connectivity index (χ3v) is 11.0. The minimum absolute atomic E-state index is 0.0432. The number of carbonyl (C=O) groups is 1. The molecule has 3 N–H and O–H groups in total. The maximum absolute atomic E-state index is 11.5. The molecular weight excluding hydrogens is 606 g/mol. The molecule has 0 radical (unpaired) electrons. The fourth-order valence-electron chi connectivity index (χ4n) is 8.00.